The molecule has 0 radical (unpaired) electrons. The van der Waals surface area contributed by atoms with Crippen molar-refractivity contribution >= 4 is 5.82 Å². The lowest BCUT2D eigenvalue weighted by atomic mass is 9.75. The van der Waals surface area contributed by atoms with Gasteiger partial charge in [0.25, 0.3) is 0 Å². The summed E-state index contributed by atoms with van der Waals surface area (Å²) in [5.41, 5.74) is 2.05. The summed E-state index contributed by atoms with van der Waals surface area (Å²) in [7, 11) is 0. The lowest BCUT2D eigenvalue weighted by Gasteiger charge is -2.30. The normalized spacial score (nSPS) is 14.5. The SMILES string of the molecule is CCCCCC(C)(CCC)c1ccc(NCCC(C)(C)C)nc1. The minimum absolute atomic E-state index is 0.279. The molecule has 1 heterocycles. The Balaban J connectivity index is 2.67. The van der Waals surface area contributed by atoms with Crippen LogP contribution in [0.2, 0.25) is 0 Å². The molecule has 0 saturated heterocycles. The summed E-state index contributed by atoms with van der Waals surface area (Å²) in [4.78, 5) is 4.66. The molecule has 1 N–H and O–H groups in total. The Hall–Kier alpha value is -1.05. The number of hydrogen-bond donors (Lipinski definition) is 1. The van der Waals surface area contributed by atoms with Crippen molar-refractivity contribution in [3.05, 3.63) is 23.9 Å². The molecule has 0 aromatic carbocycles. The average Bonchev–Trinajstić information content (AvgIpc) is 2.47. The van der Waals surface area contributed by atoms with E-state index in [0.29, 0.717) is 5.41 Å². The number of nitrogens with one attached hydrogen (secondary N) is 1. The molecule has 2 heteroatoms. The first-order valence-electron chi connectivity index (χ1n) is 9.51. The minimum atomic E-state index is 0.279. The van der Waals surface area contributed by atoms with E-state index in [2.05, 4.69) is 70.2 Å². The quantitative estimate of drug-likeness (QED) is 0.494. The van der Waals surface area contributed by atoms with Crippen molar-refractivity contribution < 1.29 is 0 Å². The fourth-order valence-corrected chi connectivity index (χ4v) is 3.15. The van der Waals surface area contributed by atoms with Gasteiger partial charge in [-0.25, -0.2) is 4.98 Å². The van der Waals surface area contributed by atoms with Gasteiger partial charge in [-0.3, -0.25) is 0 Å². The number of anilines is 1. The van der Waals surface area contributed by atoms with Gasteiger partial charge in [0.05, 0.1) is 0 Å². The molecule has 1 atom stereocenters. The maximum Gasteiger partial charge on any atom is 0.125 e. The summed E-state index contributed by atoms with van der Waals surface area (Å²) in [6.45, 7) is 14.8. The Morgan fingerprint density at radius 2 is 1.65 bits per heavy atom. The Labute approximate surface area is 144 Å². The number of aromatic nitrogens is 1. The van der Waals surface area contributed by atoms with Gasteiger partial charge in [0.1, 0.15) is 5.82 Å². The van der Waals surface area contributed by atoms with Gasteiger partial charge in [-0.2, -0.15) is 0 Å². The summed E-state index contributed by atoms with van der Waals surface area (Å²) in [6.07, 6.45) is 10.9. The van der Waals surface area contributed by atoms with Gasteiger partial charge in [0.2, 0.25) is 0 Å². The first-order chi connectivity index (χ1) is 10.8. The molecule has 0 amide bonds. The average molecular weight is 319 g/mol. The summed E-state index contributed by atoms with van der Waals surface area (Å²) in [5.74, 6) is 1.01. The second-order valence-electron chi connectivity index (χ2n) is 8.44. The molecule has 0 spiro atoms. The molecule has 1 aromatic heterocycles. The third kappa shape index (κ3) is 7.37. The van der Waals surface area contributed by atoms with E-state index in [1.807, 2.05) is 0 Å². The zero-order chi connectivity index (χ0) is 17.3. The van der Waals surface area contributed by atoms with Crippen LogP contribution in [0, 0.1) is 5.41 Å². The second-order valence-corrected chi connectivity index (χ2v) is 8.44. The van der Waals surface area contributed by atoms with Gasteiger partial charge < -0.3 is 5.32 Å². The lowest BCUT2D eigenvalue weighted by Crippen LogP contribution is -2.22. The fourth-order valence-electron chi connectivity index (χ4n) is 3.15. The Bertz CT molecular complexity index is 430. The highest BCUT2D eigenvalue weighted by atomic mass is 15.0. The summed E-state index contributed by atoms with van der Waals surface area (Å²) >= 11 is 0. The molecule has 0 aliphatic heterocycles. The van der Waals surface area contributed by atoms with E-state index in [1.165, 1.54) is 44.1 Å². The minimum Gasteiger partial charge on any atom is -0.370 e. The van der Waals surface area contributed by atoms with Gasteiger partial charge in [-0.15, -0.1) is 0 Å². The van der Waals surface area contributed by atoms with Crippen LogP contribution in [-0.4, -0.2) is 11.5 Å². The maximum absolute atomic E-state index is 4.66. The highest BCUT2D eigenvalue weighted by molar-refractivity contribution is 5.37. The van der Waals surface area contributed by atoms with Gasteiger partial charge in [-0.05, 0) is 41.7 Å². The van der Waals surface area contributed by atoms with E-state index in [1.54, 1.807) is 0 Å². The van der Waals surface area contributed by atoms with E-state index in [-0.39, 0.29) is 5.41 Å². The number of nitrogens with zero attached hydrogens (tertiary/aromatic N) is 1. The molecular formula is C21H38N2. The second kappa shape index (κ2) is 9.30. The van der Waals surface area contributed by atoms with Crippen molar-refractivity contribution in [2.75, 3.05) is 11.9 Å². The monoisotopic (exact) mass is 318 g/mol. The van der Waals surface area contributed by atoms with Crippen molar-refractivity contribution in [2.45, 2.75) is 91.9 Å². The molecule has 23 heavy (non-hydrogen) atoms. The van der Waals surface area contributed by atoms with Crippen molar-refractivity contribution in [1.82, 2.24) is 4.98 Å². The zero-order valence-corrected chi connectivity index (χ0v) is 16.3. The van der Waals surface area contributed by atoms with E-state index >= 15 is 0 Å². The van der Waals surface area contributed by atoms with Crippen LogP contribution >= 0.6 is 0 Å². The largest absolute Gasteiger partial charge is 0.370 e. The Morgan fingerprint density at radius 3 is 2.17 bits per heavy atom. The highest BCUT2D eigenvalue weighted by Gasteiger charge is 2.25. The number of hydrogen-bond acceptors (Lipinski definition) is 2. The molecule has 0 bridgehead atoms. The van der Waals surface area contributed by atoms with Crippen LogP contribution in [0.4, 0.5) is 5.82 Å². The van der Waals surface area contributed by atoms with Crippen molar-refractivity contribution in [2.24, 2.45) is 5.41 Å². The summed E-state index contributed by atoms with van der Waals surface area (Å²) < 4.78 is 0. The molecule has 0 saturated carbocycles. The zero-order valence-electron chi connectivity index (χ0n) is 16.3. The smallest absolute Gasteiger partial charge is 0.125 e. The van der Waals surface area contributed by atoms with Gasteiger partial charge >= 0.3 is 0 Å². The molecule has 2 nitrogen and oxygen atoms in total. The number of unbranched alkanes of at least 4 members (excludes halogenated alkanes) is 2. The third-order valence-corrected chi connectivity index (χ3v) is 4.78. The van der Waals surface area contributed by atoms with Crippen LogP contribution in [0.15, 0.2) is 18.3 Å². The Kier molecular flexibility index (Phi) is 8.08. The molecule has 0 fully saturated rings. The van der Waals surface area contributed by atoms with Crippen LogP contribution in [-0.2, 0) is 5.41 Å². The van der Waals surface area contributed by atoms with Crippen LogP contribution in [0.5, 0.6) is 0 Å². The van der Waals surface area contributed by atoms with E-state index < -0.39 is 0 Å². The van der Waals surface area contributed by atoms with Gasteiger partial charge in [0, 0.05) is 12.7 Å². The number of pyridine rings is 1. The maximum atomic E-state index is 4.66. The fraction of sp³-hybridized carbons (Fsp3) is 0.762. The van der Waals surface area contributed by atoms with E-state index in [0.717, 1.165) is 18.8 Å². The molecule has 1 rings (SSSR count). The van der Waals surface area contributed by atoms with Crippen LogP contribution in [0.1, 0.15) is 92.1 Å². The Morgan fingerprint density at radius 1 is 0.913 bits per heavy atom. The van der Waals surface area contributed by atoms with Crippen molar-refractivity contribution in [1.29, 1.82) is 0 Å². The van der Waals surface area contributed by atoms with Crippen LogP contribution in [0.25, 0.3) is 0 Å². The predicted molar refractivity (Wildman–Crippen MR) is 103 cm³/mol. The predicted octanol–water partition coefficient (Wildman–Crippen LogP) is 6.57. The summed E-state index contributed by atoms with van der Waals surface area (Å²) in [5, 5.41) is 3.45. The number of rotatable bonds is 10. The summed E-state index contributed by atoms with van der Waals surface area (Å²) in [6, 6.07) is 4.44. The lowest BCUT2D eigenvalue weighted by molar-refractivity contribution is 0.378. The molecule has 0 aliphatic rings. The van der Waals surface area contributed by atoms with Crippen LogP contribution in [0.3, 0.4) is 0 Å². The standard InChI is InChI=1S/C21H38N2/c1-7-9-10-14-21(6,13-8-2)18-11-12-19(23-17-18)22-16-15-20(3,4)5/h11-12,17H,7-10,13-16H2,1-6H3,(H,22,23). The molecule has 0 aliphatic carbocycles. The molecule has 1 aromatic rings. The van der Waals surface area contributed by atoms with Crippen molar-refractivity contribution in [3.63, 3.8) is 0 Å². The van der Waals surface area contributed by atoms with Gasteiger partial charge in [-0.1, -0.05) is 73.3 Å². The van der Waals surface area contributed by atoms with Gasteiger partial charge in [0.15, 0.2) is 0 Å². The van der Waals surface area contributed by atoms with Crippen LogP contribution < -0.4 is 5.32 Å². The topological polar surface area (TPSA) is 24.9 Å². The molecule has 132 valence electrons. The van der Waals surface area contributed by atoms with E-state index in [4.69, 9.17) is 0 Å². The first kappa shape index (κ1) is 20.0. The highest BCUT2D eigenvalue weighted by Crippen LogP contribution is 2.34. The molecular weight excluding hydrogens is 280 g/mol. The van der Waals surface area contributed by atoms with E-state index in [9.17, 15) is 0 Å². The van der Waals surface area contributed by atoms with Crippen molar-refractivity contribution in [3.8, 4) is 0 Å². The third-order valence-electron chi connectivity index (χ3n) is 4.78. The first-order valence-corrected chi connectivity index (χ1v) is 9.51. The molecule has 1 unspecified atom stereocenters.